The fourth-order valence-corrected chi connectivity index (χ4v) is 18.4. The maximum atomic E-state index is 12.5. The number of H-pyrrole nitrogens is 6. The molecule has 0 aliphatic carbocycles. The van der Waals surface area contributed by atoms with Crippen LogP contribution in [0, 0.1) is 48.5 Å². The summed E-state index contributed by atoms with van der Waals surface area (Å²) >= 11 is -1.44. The number of fused-ring (bicyclic) bond motifs is 7. The molecular weight excluding hydrogens is 1880 g/mol. The Morgan fingerprint density at radius 3 is 1.04 bits per heavy atom. The number of hydrogen-bond donors (Lipinski definition) is 8. The van der Waals surface area contributed by atoms with E-state index < -0.39 is 26.5 Å². The molecule has 0 bridgehead atoms. The van der Waals surface area contributed by atoms with E-state index >= 15 is 0 Å². The normalized spacial score (nSPS) is 11.2. The van der Waals surface area contributed by atoms with Crippen molar-refractivity contribution in [3.8, 4) is 0 Å². The predicted octanol–water partition coefficient (Wildman–Crippen LogP) is 26.4. The molecule has 0 amide bonds. The Bertz CT molecular complexity index is 6790. The van der Waals surface area contributed by atoms with Gasteiger partial charge in [-0.05, 0) is 152 Å². The van der Waals surface area contributed by atoms with E-state index in [9.17, 15) is 19.8 Å². The van der Waals surface area contributed by atoms with Crippen molar-refractivity contribution in [2.24, 2.45) is 0 Å². The fourth-order valence-electron chi connectivity index (χ4n) is 16.7. The van der Waals surface area contributed by atoms with Crippen LogP contribution >= 0.6 is 0 Å². The number of halogens is 1. The van der Waals surface area contributed by atoms with E-state index in [2.05, 4.69) is 249 Å². The topological polar surface area (TPSA) is 281 Å². The van der Waals surface area contributed by atoms with Crippen molar-refractivity contribution in [2.45, 2.75) is 173 Å². The number of imidazole rings is 6. The number of aliphatic hydroxyl groups excluding tert-OH is 1. The summed E-state index contributed by atoms with van der Waals surface area (Å²) in [5, 5.41) is 37.6. The number of nitrogens with one attached hydrogen (secondary N) is 6. The van der Waals surface area contributed by atoms with Crippen molar-refractivity contribution >= 4 is 125 Å². The summed E-state index contributed by atoms with van der Waals surface area (Å²) in [6.07, 6.45) is 10.2. The number of nitrogens with zero attached hydrogens (tertiary/aromatic N) is 6. The number of rotatable bonds is 16. The summed E-state index contributed by atoms with van der Waals surface area (Å²) in [4.78, 5) is 67.2. The first-order valence-corrected chi connectivity index (χ1v) is 51.1. The Morgan fingerprint density at radius 1 is 0.383 bits per heavy atom. The summed E-state index contributed by atoms with van der Waals surface area (Å²) in [6.45, 7) is 46.2. The zero-order valence-electron chi connectivity index (χ0n) is 84.9. The Balaban J connectivity index is 0.000000245. The van der Waals surface area contributed by atoms with E-state index in [0.717, 1.165) is 128 Å². The minimum atomic E-state index is -1.44. The van der Waals surface area contributed by atoms with Crippen LogP contribution in [0.2, 0.25) is 18.1 Å². The SMILES string of the molecule is C=C(c1nc[nH]c1C)c1cccc2ccccc12.CC.CC.CC.CC[SiH](CC)CC.Cc1[nH]cnc1C(=O)c1cccc2ccccc12.Cc1[nH]cnc1C(C)(O)c1cccc2ccccc12.Cc1[nH]cnc1C(C)c1cccc2ccccc12.Cc1[nH]cnc1C(C)c1cccc2ccccc12.Cc1[nH]cnc1C(O)c1cccc2ccccc12.O=Cc1cccc2ccccc12.[Br-].[CH2-]C.[Mg+2].[O]=[Mn]=[O]. The van der Waals surface area contributed by atoms with E-state index in [0.29, 0.717) is 34.5 Å². The molecule has 0 radical (unpaired) electrons. The molecular formula is C119H135BrMgMnN12O6Si. The van der Waals surface area contributed by atoms with E-state index in [-0.39, 0.29) is 54.6 Å². The summed E-state index contributed by atoms with van der Waals surface area (Å²) < 4.78 is 16.8. The minimum absolute atomic E-state index is 0. The van der Waals surface area contributed by atoms with Crippen LogP contribution in [-0.4, -0.2) is 114 Å². The molecule has 0 aliphatic heterocycles. The predicted molar refractivity (Wildman–Crippen MR) is 583 cm³/mol. The van der Waals surface area contributed by atoms with Gasteiger partial charge in [-0.25, -0.2) is 29.9 Å². The molecule has 6 heterocycles. The summed E-state index contributed by atoms with van der Waals surface area (Å²) in [7, 11) is -0.171. The molecule has 14 aromatic carbocycles. The van der Waals surface area contributed by atoms with Crippen molar-refractivity contribution in [3.05, 3.63) is 456 Å². The van der Waals surface area contributed by atoms with Gasteiger partial charge in [0.2, 0.25) is 5.78 Å². The Morgan fingerprint density at radius 2 is 0.667 bits per heavy atom. The fraction of sp³-hybridized carbons (Fsp3) is 0.218. The Kier molecular flexibility index (Phi) is 50.1. The summed E-state index contributed by atoms with van der Waals surface area (Å²) in [5.74, 6) is 0.579. The summed E-state index contributed by atoms with van der Waals surface area (Å²) in [5.41, 5.74) is 17.9. The van der Waals surface area contributed by atoms with Crippen LogP contribution in [0.25, 0.3) is 81.0 Å². The number of benzene rings is 14. The van der Waals surface area contributed by atoms with Crippen LogP contribution in [0.3, 0.4) is 0 Å². The molecule has 18 nitrogen and oxygen atoms in total. The van der Waals surface area contributed by atoms with Crippen LogP contribution in [0.4, 0.5) is 0 Å². The van der Waals surface area contributed by atoms with Crippen LogP contribution in [0.1, 0.15) is 225 Å². The average Bonchev–Trinajstić information content (AvgIpc) is 1.20. The van der Waals surface area contributed by atoms with Gasteiger partial charge in [-0.3, -0.25) is 9.59 Å². The van der Waals surface area contributed by atoms with Crippen LogP contribution < -0.4 is 17.0 Å². The molecule has 0 saturated carbocycles. The van der Waals surface area contributed by atoms with E-state index in [1.54, 1.807) is 51.8 Å². The number of ketones is 1. The zero-order valence-corrected chi connectivity index (χ0v) is 90.2. The van der Waals surface area contributed by atoms with Crippen LogP contribution in [0.5, 0.6) is 0 Å². The van der Waals surface area contributed by atoms with Crippen LogP contribution in [0.15, 0.2) is 342 Å². The molecule has 727 valence electrons. The van der Waals surface area contributed by atoms with Gasteiger partial charge in [0.15, 0.2) is 6.29 Å². The monoisotopic (exact) mass is 2010 g/mol. The van der Waals surface area contributed by atoms with E-state index in [1.807, 2.05) is 239 Å². The third kappa shape index (κ3) is 30.6. The number of carbonyl (C=O) groups is 2. The Labute approximate surface area is 866 Å². The van der Waals surface area contributed by atoms with Gasteiger partial charge in [-0.15, -0.1) is 0 Å². The number of aliphatic hydroxyl groups is 2. The third-order valence-corrected chi connectivity index (χ3v) is 27.4. The second-order valence-corrected chi connectivity index (χ2v) is 36.6. The molecule has 22 heteroatoms. The molecule has 20 rings (SSSR count). The van der Waals surface area contributed by atoms with Crippen molar-refractivity contribution < 1.29 is 59.3 Å². The van der Waals surface area contributed by atoms with Gasteiger partial charge in [0.05, 0.1) is 66.4 Å². The van der Waals surface area contributed by atoms with Gasteiger partial charge in [0.1, 0.15) is 17.4 Å². The summed E-state index contributed by atoms with van der Waals surface area (Å²) in [6, 6.07) is 104. The van der Waals surface area contributed by atoms with Crippen molar-refractivity contribution in [2.75, 3.05) is 0 Å². The quantitative estimate of drug-likeness (QED) is 0.0194. The third-order valence-electron chi connectivity index (χ3n) is 24.0. The molecule has 0 fully saturated rings. The number of aromatic amines is 6. The van der Waals surface area contributed by atoms with Gasteiger partial charge in [0, 0.05) is 71.5 Å². The van der Waals surface area contributed by atoms with Gasteiger partial charge in [0.25, 0.3) is 0 Å². The van der Waals surface area contributed by atoms with Gasteiger partial charge in [-0.2, -0.15) is 6.92 Å². The maximum absolute atomic E-state index is 12.5. The molecule has 0 spiro atoms. The second-order valence-electron chi connectivity index (χ2n) is 32.2. The molecule has 6 aromatic heterocycles. The first kappa shape index (κ1) is 116. The number of carbonyl (C=O) groups excluding carboxylic acids is 2. The molecule has 8 N–H and O–H groups in total. The Hall–Kier alpha value is -13.3. The number of aromatic nitrogens is 12. The van der Waals surface area contributed by atoms with Gasteiger partial charge < -0.3 is 64.0 Å². The standard InChI is InChI=1S/C16H16N2O.2C16H16N2.C16H14N2.C15H14N2O.C15H12N2O.C11H8O.C6H16Si.3C2H6.C2H5.BrH.Mg.Mn.2O/c1-11-15(18-10-17-11)16(2,19)14-9-5-7-12-6-3-4-8-13(12)14;3*1-11(16-12(2)17-10-18-16)14-9-5-7-13-6-3-4-8-15(13)14;2*1-10-14(17-9-16-10)15(18)13-8-4-6-11-5-2-3-7-12(11)13;12-8-10-6-3-5-9-4-1-2-7-11(9)10;1-4-7(5-2)6-3;4*1-2;;;;;/h3-10,19H,1-2H3,(H,17,18);2*3-11H,1-2H3,(H,17,18);3-10H,1H2,2H3,(H,17,18);2-9,15,18H,1H3,(H,16,17);2-9H,1H3,(H,16,17);1-8H;7H,4-6H2,1-3H3;3*1-2H3;1H2,2H3;1H;;;;/q;;;;;;;;;;;-1;;+2;;;/p-1. The molecule has 4 atom stereocenters. The first-order valence-electron chi connectivity index (χ1n) is 47.7. The van der Waals surface area contributed by atoms with Crippen molar-refractivity contribution in [1.29, 1.82) is 0 Å². The second kappa shape index (κ2) is 60.7. The number of aldehydes is 1. The molecule has 0 saturated heterocycles. The number of hydrogen-bond acceptors (Lipinski definition) is 12. The molecule has 4 unspecified atom stereocenters. The van der Waals surface area contributed by atoms with E-state index in [4.69, 9.17) is 7.67 Å². The first-order chi connectivity index (χ1) is 67.6. The van der Waals surface area contributed by atoms with Crippen molar-refractivity contribution in [3.63, 3.8) is 0 Å². The average molecular weight is 2020 g/mol. The van der Waals surface area contributed by atoms with Crippen molar-refractivity contribution in [1.82, 2.24) is 59.8 Å². The molecule has 141 heavy (non-hydrogen) atoms. The zero-order chi connectivity index (χ0) is 101. The van der Waals surface area contributed by atoms with Crippen LogP contribution in [-0.2, 0) is 28.1 Å². The van der Waals surface area contributed by atoms with E-state index in [1.165, 1.54) is 61.6 Å². The molecule has 0 aliphatic rings. The molecule has 20 aromatic rings. The van der Waals surface area contributed by atoms with Gasteiger partial charge in [-0.1, -0.05) is 398 Å². The van der Waals surface area contributed by atoms with Gasteiger partial charge >= 0.3 is 45.5 Å². The number of aryl methyl sites for hydroxylation is 6.